The number of fused-ring (bicyclic) bond motifs is 2. The molecule has 9 nitrogen and oxygen atoms in total. The SMILES string of the molecule is CC1(NC[C@H]2O[C@@H](n3cnc4c(N)ncnc43)[C@@H]3OC(C)(C)O[C@@H]32)CCC1. The molecular weight excluding hydrogens is 348 g/mol. The predicted molar refractivity (Wildman–Crippen MR) is 97.7 cm³/mol. The van der Waals surface area contributed by atoms with Crippen LogP contribution in [0, 0.1) is 0 Å². The van der Waals surface area contributed by atoms with Crippen LogP contribution in [0.3, 0.4) is 0 Å². The van der Waals surface area contributed by atoms with E-state index in [9.17, 15) is 0 Å². The van der Waals surface area contributed by atoms with Crippen LogP contribution in [0.15, 0.2) is 12.7 Å². The second kappa shape index (κ2) is 5.84. The molecule has 4 heterocycles. The number of hydrogen-bond donors (Lipinski definition) is 2. The monoisotopic (exact) mass is 374 g/mol. The van der Waals surface area contributed by atoms with Gasteiger partial charge in [-0.15, -0.1) is 0 Å². The minimum absolute atomic E-state index is 0.115. The van der Waals surface area contributed by atoms with Crippen LogP contribution < -0.4 is 11.1 Å². The Morgan fingerprint density at radius 1 is 1.19 bits per heavy atom. The number of aromatic nitrogens is 4. The van der Waals surface area contributed by atoms with E-state index in [2.05, 4.69) is 27.2 Å². The second-order valence-corrected chi connectivity index (χ2v) is 8.51. The molecule has 0 aromatic carbocycles. The predicted octanol–water partition coefficient (Wildman–Crippen LogP) is 1.36. The number of hydrogen-bond acceptors (Lipinski definition) is 8. The lowest BCUT2D eigenvalue weighted by Gasteiger charge is -2.40. The molecule has 0 bridgehead atoms. The van der Waals surface area contributed by atoms with Gasteiger partial charge in [0.25, 0.3) is 0 Å². The van der Waals surface area contributed by atoms with Crippen molar-refractivity contribution in [3.05, 3.63) is 12.7 Å². The quantitative estimate of drug-likeness (QED) is 0.826. The van der Waals surface area contributed by atoms with Crippen LogP contribution in [0.25, 0.3) is 11.2 Å². The molecule has 4 atom stereocenters. The molecule has 5 rings (SSSR count). The van der Waals surface area contributed by atoms with E-state index in [1.54, 1.807) is 6.33 Å². The molecule has 1 aliphatic carbocycles. The standard InChI is InChI=1S/C18H26N6O3/c1-17(2)26-12-10(7-23-18(3)5-4-6-18)25-16(13(12)27-17)24-9-22-11-14(19)20-8-21-15(11)24/h8-10,12-13,16,23H,4-7H2,1-3H3,(H2,19,20,21)/t10-,12-,13-,16-/m1/s1. The van der Waals surface area contributed by atoms with Gasteiger partial charge in [-0.25, -0.2) is 15.0 Å². The van der Waals surface area contributed by atoms with Gasteiger partial charge >= 0.3 is 0 Å². The van der Waals surface area contributed by atoms with Crippen molar-refractivity contribution in [3.63, 3.8) is 0 Å². The highest BCUT2D eigenvalue weighted by atomic mass is 16.8. The first kappa shape index (κ1) is 17.3. The van der Waals surface area contributed by atoms with Gasteiger partial charge in [0.05, 0.1) is 6.33 Å². The van der Waals surface area contributed by atoms with E-state index in [0.29, 0.717) is 17.0 Å². The Labute approximate surface area is 157 Å². The van der Waals surface area contributed by atoms with Crippen LogP contribution in [0.4, 0.5) is 5.82 Å². The molecule has 0 unspecified atom stereocenters. The molecule has 146 valence electrons. The first-order chi connectivity index (χ1) is 12.9. The number of nitrogens with one attached hydrogen (secondary N) is 1. The number of nitrogens with zero attached hydrogens (tertiary/aromatic N) is 4. The van der Waals surface area contributed by atoms with Crippen molar-refractivity contribution in [2.45, 2.75) is 75.9 Å². The Bertz CT molecular complexity index is 864. The fraction of sp³-hybridized carbons (Fsp3) is 0.722. The molecule has 1 saturated carbocycles. The molecule has 2 aliphatic heterocycles. The zero-order valence-electron chi connectivity index (χ0n) is 15.9. The maximum atomic E-state index is 6.39. The zero-order chi connectivity index (χ0) is 18.8. The Kier molecular flexibility index (Phi) is 3.74. The van der Waals surface area contributed by atoms with Crippen LogP contribution in [0.2, 0.25) is 0 Å². The number of rotatable bonds is 4. The molecule has 0 spiro atoms. The van der Waals surface area contributed by atoms with Crippen LogP contribution in [-0.2, 0) is 14.2 Å². The van der Waals surface area contributed by atoms with Gasteiger partial charge in [0, 0.05) is 12.1 Å². The third kappa shape index (κ3) is 2.80. The number of anilines is 1. The van der Waals surface area contributed by atoms with E-state index in [4.69, 9.17) is 19.9 Å². The summed E-state index contributed by atoms with van der Waals surface area (Å²) >= 11 is 0. The molecule has 3 aliphatic rings. The largest absolute Gasteiger partial charge is 0.382 e. The van der Waals surface area contributed by atoms with Gasteiger partial charge in [-0.3, -0.25) is 4.57 Å². The summed E-state index contributed by atoms with van der Waals surface area (Å²) < 4.78 is 20.6. The van der Waals surface area contributed by atoms with E-state index in [1.165, 1.54) is 25.6 Å². The first-order valence-electron chi connectivity index (χ1n) is 9.54. The average Bonchev–Trinajstić information content (AvgIpc) is 3.23. The highest BCUT2D eigenvalue weighted by molar-refractivity contribution is 5.81. The highest BCUT2D eigenvalue weighted by Gasteiger charge is 2.56. The van der Waals surface area contributed by atoms with Crippen molar-refractivity contribution in [2.24, 2.45) is 0 Å². The van der Waals surface area contributed by atoms with Gasteiger partial charge in [-0.05, 0) is 40.0 Å². The molecule has 27 heavy (non-hydrogen) atoms. The van der Waals surface area contributed by atoms with Crippen LogP contribution in [0.5, 0.6) is 0 Å². The van der Waals surface area contributed by atoms with Crippen molar-refractivity contribution in [3.8, 4) is 0 Å². The van der Waals surface area contributed by atoms with Gasteiger partial charge in [-0.2, -0.15) is 0 Å². The summed E-state index contributed by atoms with van der Waals surface area (Å²) in [6.45, 7) is 6.86. The molecule has 0 radical (unpaired) electrons. The van der Waals surface area contributed by atoms with Crippen molar-refractivity contribution < 1.29 is 14.2 Å². The van der Waals surface area contributed by atoms with Crippen molar-refractivity contribution in [2.75, 3.05) is 12.3 Å². The summed E-state index contributed by atoms with van der Waals surface area (Å²) in [5.74, 6) is -0.297. The van der Waals surface area contributed by atoms with E-state index < -0.39 is 5.79 Å². The fourth-order valence-electron chi connectivity index (χ4n) is 4.33. The Balaban J connectivity index is 1.44. The van der Waals surface area contributed by atoms with Gasteiger partial charge in [0.1, 0.15) is 30.2 Å². The lowest BCUT2D eigenvalue weighted by Crippen LogP contribution is -2.52. The molecule has 0 amide bonds. The number of imidazole rings is 1. The van der Waals surface area contributed by atoms with Crippen molar-refractivity contribution in [1.29, 1.82) is 0 Å². The third-order valence-electron chi connectivity index (χ3n) is 5.97. The smallest absolute Gasteiger partial charge is 0.167 e. The summed E-state index contributed by atoms with van der Waals surface area (Å²) in [5, 5.41) is 3.66. The number of ether oxygens (including phenoxy) is 3. The van der Waals surface area contributed by atoms with Gasteiger partial charge < -0.3 is 25.3 Å². The molecule has 3 fully saturated rings. The van der Waals surface area contributed by atoms with Crippen LogP contribution >= 0.6 is 0 Å². The van der Waals surface area contributed by atoms with Crippen LogP contribution in [-0.4, -0.2) is 55.7 Å². The zero-order valence-corrected chi connectivity index (χ0v) is 15.9. The molecule has 2 aromatic heterocycles. The summed E-state index contributed by atoms with van der Waals surface area (Å²) in [5.41, 5.74) is 7.34. The lowest BCUT2D eigenvalue weighted by molar-refractivity contribution is -0.196. The highest BCUT2D eigenvalue weighted by Crippen LogP contribution is 2.44. The summed E-state index contributed by atoms with van der Waals surface area (Å²) in [6.07, 6.45) is 5.91. The van der Waals surface area contributed by atoms with Crippen molar-refractivity contribution in [1.82, 2.24) is 24.8 Å². The maximum Gasteiger partial charge on any atom is 0.167 e. The average molecular weight is 374 g/mol. The molecule has 2 saturated heterocycles. The third-order valence-corrected chi connectivity index (χ3v) is 5.97. The van der Waals surface area contributed by atoms with Crippen LogP contribution in [0.1, 0.15) is 46.3 Å². The molecule has 3 N–H and O–H groups in total. The Morgan fingerprint density at radius 2 is 1.96 bits per heavy atom. The second-order valence-electron chi connectivity index (χ2n) is 8.51. The van der Waals surface area contributed by atoms with E-state index >= 15 is 0 Å². The molecule has 2 aromatic rings. The van der Waals surface area contributed by atoms with Gasteiger partial charge in [-0.1, -0.05) is 0 Å². The van der Waals surface area contributed by atoms with E-state index in [-0.39, 0.29) is 30.1 Å². The Hall–Kier alpha value is -1.81. The topological polar surface area (TPSA) is 109 Å². The summed E-state index contributed by atoms with van der Waals surface area (Å²) in [4.78, 5) is 12.7. The fourth-order valence-corrected chi connectivity index (χ4v) is 4.33. The molecule has 9 heteroatoms. The summed E-state index contributed by atoms with van der Waals surface area (Å²) in [7, 11) is 0. The minimum Gasteiger partial charge on any atom is -0.382 e. The van der Waals surface area contributed by atoms with Gasteiger partial charge in [0.15, 0.2) is 23.5 Å². The van der Waals surface area contributed by atoms with Crippen molar-refractivity contribution >= 4 is 17.0 Å². The van der Waals surface area contributed by atoms with E-state index in [1.807, 2.05) is 18.4 Å². The van der Waals surface area contributed by atoms with Gasteiger partial charge in [0.2, 0.25) is 0 Å². The maximum absolute atomic E-state index is 6.39. The minimum atomic E-state index is -0.652. The summed E-state index contributed by atoms with van der Waals surface area (Å²) in [6, 6.07) is 0. The molecular formula is C18H26N6O3. The number of nitrogens with two attached hydrogens (primary N) is 1. The Morgan fingerprint density at radius 3 is 2.70 bits per heavy atom. The van der Waals surface area contributed by atoms with E-state index in [0.717, 1.165) is 6.54 Å². The number of nitrogen functional groups attached to an aromatic ring is 1. The first-order valence-corrected chi connectivity index (χ1v) is 9.54. The normalized spacial score (nSPS) is 33.9. The lowest BCUT2D eigenvalue weighted by atomic mass is 9.78.